The number of benzene rings is 1. The van der Waals surface area contributed by atoms with E-state index >= 15 is 0 Å². The Hall–Kier alpha value is -2.65. The van der Waals surface area contributed by atoms with Crippen LogP contribution < -0.4 is 11.5 Å². The van der Waals surface area contributed by atoms with Crippen LogP contribution in [-0.4, -0.2) is 16.8 Å². The van der Waals surface area contributed by atoms with Crippen molar-refractivity contribution in [3.05, 3.63) is 39.4 Å². The third-order valence-corrected chi connectivity index (χ3v) is 1.98. The van der Waals surface area contributed by atoms with E-state index in [4.69, 9.17) is 11.5 Å². The van der Waals surface area contributed by atoms with Gasteiger partial charge in [-0.25, -0.2) is 0 Å². The number of alkyl halides is 3. The van der Waals surface area contributed by atoms with Crippen LogP contribution in [0.5, 0.6) is 0 Å². The predicted octanol–water partition coefficient (Wildman–Crippen LogP) is 1.03. The maximum absolute atomic E-state index is 12.5. The highest BCUT2D eigenvalue weighted by molar-refractivity contribution is 6.04. The van der Waals surface area contributed by atoms with E-state index in [2.05, 4.69) is 4.99 Å². The molecule has 0 saturated heterocycles. The number of nitrogens with two attached hydrogens (primary N) is 2. The monoisotopic (exact) mass is 276 g/mol. The van der Waals surface area contributed by atoms with Gasteiger partial charge in [0.15, 0.2) is 5.96 Å². The molecule has 1 aromatic carbocycles. The van der Waals surface area contributed by atoms with Crippen molar-refractivity contribution in [2.24, 2.45) is 16.5 Å². The van der Waals surface area contributed by atoms with Gasteiger partial charge in [-0.2, -0.15) is 18.2 Å². The fraction of sp³-hybridized carbons (Fsp3) is 0.111. The summed E-state index contributed by atoms with van der Waals surface area (Å²) in [4.78, 5) is 24.0. The van der Waals surface area contributed by atoms with Gasteiger partial charge in [-0.1, -0.05) is 0 Å². The van der Waals surface area contributed by atoms with Crippen molar-refractivity contribution in [2.75, 3.05) is 0 Å². The van der Waals surface area contributed by atoms with Gasteiger partial charge in [0.2, 0.25) is 0 Å². The van der Waals surface area contributed by atoms with E-state index < -0.39 is 39.8 Å². The summed E-state index contributed by atoms with van der Waals surface area (Å²) in [5.74, 6) is -2.03. The van der Waals surface area contributed by atoms with E-state index in [-0.39, 0.29) is 0 Å². The van der Waals surface area contributed by atoms with E-state index in [9.17, 15) is 28.1 Å². The molecule has 0 heterocycles. The summed E-state index contributed by atoms with van der Waals surface area (Å²) in [6.07, 6.45) is -4.75. The molecule has 0 aliphatic heterocycles. The van der Waals surface area contributed by atoms with Crippen LogP contribution in [0.2, 0.25) is 0 Å². The molecule has 0 atom stereocenters. The summed E-state index contributed by atoms with van der Waals surface area (Å²) in [6.45, 7) is 0. The molecule has 0 radical (unpaired) electrons. The molecule has 0 saturated carbocycles. The largest absolute Gasteiger partial charge is 0.416 e. The van der Waals surface area contributed by atoms with E-state index in [0.29, 0.717) is 18.2 Å². The minimum absolute atomic E-state index is 0.326. The molecule has 0 aromatic heterocycles. The fourth-order valence-electron chi connectivity index (χ4n) is 1.22. The number of aliphatic imine (C=N–C) groups is 1. The lowest BCUT2D eigenvalue weighted by Crippen LogP contribution is -2.24. The molecule has 19 heavy (non-hydrogen) atoms. The molecule has 7 nitrogen and oxygen atoms in total. The Kier molecular flexibility index (Phi) is 3.73. The van der Waals surface area contributed by atoms with Crippen molar-refractivity contribution in [1.29, 1.82) is 0 Å². The minimum Gasteiger partial charge on any atom is -0.370 e. The van der Waals surface area contributed by atoms with Gasteiger partial charge in [-0.15, -0.1) is 0 Å². The summed E-state index contributed by atoms with van der Waals surface area (Å²) < 4.78 is 37.4. The van der Waals surface area contributed by atoms with Crippen LogP contribution in [0.3, 0.4) is 0 Å². The highest BCUT2D eigenvalue weighted by atomic mass is 19.4. The third-order valence-electron chi connectivity index (χ3n) is 1.98. The Balaban J connectivity index is 3.44. The van der Waals surface area contributed by atoms with Gasteiger partial charge in [0.25, 0.3) is 11.6 Å². The second-order valence-electron chi connectivity index (χ2n) is 3.33. The first kappa shape index (κ1) is 14.4. The van der Waals surface area contributed by atoms with Crippen molar-refractivity contribution in [2.45, 2.75) is 6.18 Å². The molecule has 0 spiro atoms. The van der Waals surface area contributed by atoms with Gasteiger partial charge in [0, 0.05) is 6.07 Å². The van der Waals surface area contributed by atoms with Gasteiger partial charge in [-0.05, 0) is 12.1 Å². The molecule has 4 N–H and O–H groups in total. The van der Waals surface area contributed by atoms with Crippen LogP contribution in [0, 0.1) is 10.1 Å². The SMILES string of the molecule is NC(N)=NC(=O)c1cc(C(F)(F)F)ccc1[N+](=O)[O-]. The molecule has 0 aliphatic carbocycles. The van der Waals surface area contributed by atoms with Crippen molar-refractivity contribution < 1.29 is 22.9 Å². The van der Waals surface area contributed by atoms with Crippen molar-refractivity contribution >= 4 is 17.6 Å². The maximum atomic E-state index is 12.5. The van der Waals surface area contributed by atoms with Crippen LogP contribution in [0.15, 0.2) is 23.2 Å². The molecule has 0 fully saturated rings. The van der Waals surface area contributed by atoms with Crippen molar-refractivity contribution in [3.8, 4) is 0 Å². The first-order valence-corrected chi connectivity index (χ1v) is 4.62. The Morgan fingerprint density at radius 3 is 2.32 bits per heavy atom. The van der Waals surface area contributed by atoms with E-state index in [1.165, 1.54) is 0 Å². The number of amides is 1. The summed E-state index contributed by atoms with van der Waals surface area (Å²) in [5, 5.41) is 10.6. The highest BCUT2D eigenvalue weighted by Crippen LogP contribution is 2.32. The van der Waals surface area contributed by atoms with Crippen LogP contribution >= 0.6 is 0 Å². The van der Waals surface area contributed by atoms with E-state index in [0.717, 1.165) is 0 Å². The number of nitro groups is 1. The van der Waals surface area contributed by atoms with Gasteiger partial charge < -0.3 is 11.5 Å². The average Bonchev–Trinajstić information content (AvgIpc) is 2.25. The molecular formula is C9H7F3N4O3. The molecule has 0 aliphatic rings. The number of guanidine groups is 1. The first-order chi connectivity index (χ1) is 8.62. The molecule has 1 rings (SSSR count). The standard InChI is InChI=1S/C9H7F3N4O3/c10-9(11,12)4-1-2-6(16(18)19)5(3-4)7(17)15-8(13)14/h1-3H,(H4,13,14,15,17). The quantitative estimate of drug-likeness (QED) is 0.361. The summed E-state index contributed by atoms with van der Waals surface area (Å²) in [5.41, 5.74) is 6.92. The van der Waals surface area contributed by atoms with Crippen molar-refractivity contribution in [1.82, 2.24) is 0 Å². The zero-order valence-corrected chi connectivity index (χ0v) is 9.14. The molecular weight excluding hydrogens is 269 g/mol. The van der Waals surface area contributed by atoms with Crippen molar-refractivity contribution in [3.63, 3.8) is 0 Å². The lowest BCUT2D eigenvalue weighted by Gasteiger charge is -2.07. The van der Waals surface area contributed by atoms with Crippen LogP contribution in [0.4, 0.5) is 18.9 Å². The van der Waals surface area contributed by atoms with Gasteiger partial charge in [-0.3, -0.25) is 14.9 Å². The zero-order chi connectivity index (χ0) is 14.8. The second kappa shape index (κ2) is 4.92. The maximum Gasteiger partial charge on any atom is 0.416 e. The number of carbonyl (C=O) groups is 1. The fourth-order valence-corrected chi connectivity index (χ4v) is 1.22. The Labute approximate surface area is 103 Å². The molecule has 0 bridgehead atoms. The molecule has 1 amide bonds. The molecule has 1 aromatic rings. The number of hydrogen-bond acceptors (Lipinski definition) is 3. The predicted molar refractivity (Wildman–Crippen MR) is 58.2 cm³/mol. The van der Waals surface area contributed by atoms with E-state index in [1.807, 2.05) is 0 Å². The smallest absolute Gasteiger partial charge is 0.370 e. The minimum atomic E-state index is -4.75. The topological polar surface area (TPSA) is 125 Å². The van der Waals surface area contributed by atoms with Gasteiger partial charge in [0.05, 0.1) is 10.5 Å². The highest BCUT2D eigenvalue weighted by Gasteiger charge is 2.33. The van der Waals surface area contributed by atoms with Crippen LogP contribution in [0.1, 0.15) is 15.9 Å². The zero-order valence-electron chi connectivity index (χ0n) is 9.14. The number of halogens is 3. The lowest BCUT2D eigenvalue weighted by molar-refractivity contribution is -0.385. The summed E-state index contributed by atoms with van der Waals surface area (Å²) >= 11 is 0. The third kappa shape index (κ3) is 3.40. The first-order valence-electron chi connectivity index (χ1n) is 4.62. The Bertz CT molecular complexity index is 564. The average molecular weight is 276 g/mol. The van der Waals surface area contributed by atoms with Crippen LogP contribution in [-0.2, 0) is 6.18 Å². The molecule has 10 heteroatoms. The van der Waals surface area contributed by atoms with E-state index in [1.54, 1.807) is 0 Å². The summed E-state index contributed by atoms with van der Waals surface area (Å²) in [6, 6.07) is 1.38. The Morgan fingerprint density at radius 1 is 1.32 bits per heavy atom. The lowest BCUT2D eigenvalue weighted by atomic mass is 10.1. The Morgan fingerprint density at radius 2 is 1.89 bits per heavy atom. The molecule has 102 valence electrons. The normalized spacial score (nSPS) is 10.9. The second-order valence-corrected chi connectivity index (χ2v) is 3.33. The van der Waals surface area contributed by atoms with Crippen LogP contribution in [0.25, 0.3) is 0 Å². The number of hydrogen-bond donors (Lipinski definition) is 2. The summed E-state index contributed by atoms with van der Waals surface area (Å²) in [7, 11) is 0. The van der Waals surface area contributed by atoms with Gasteiger partial charge >= 0.3 is 6.18 Å². The number of nitro benzene ring substituents is 1. The molecule has 0 unspecified atom stereocenters. The number of rotatable bonds is 2. The van der Waals surface area contributed by atoms with Gasteiger partial charge in [0.1, 0.15) is 5.56 Å². The number of carbonyl (C=O) groups excluding carboxylic acids is 1. The number of nitrogens with zero attached hydrogens (tertiary/aromatic N) is 2.